The number of alkyl halides is 3. The number of halogens is 3. The zero-order chi connectivity index (χ0) is 13.3. The number of aryl methyl sites for hydroxylation is 3. The van der Waals surface area contributed by atoms with Gasteiger partial charge in [-0.25, -0.2) is 18.4 Å². The van der Waals surface area contributed by atoms with E-state index in [-0.39, 0.29) is 6.54 Å². The quantitative estimate of drug-likeness (QED) is 0.787. The minimum atomic E-state index is -2.42. The summed E-state index contributed by atoms with van der Waals surface area (Å²) in [6, 6.07) is 0. The Kier molecular flexibility index (Phi) is 3.85. The van der Waals surface area contributed by atoms with Crippen LogP contribution in [0.4, 0.5) is 8.78 Å². The second-order valence-electron chi connectivity index (χ2n) is 4.04. The van der Waals surface area contributed by atoms with Gasteiger partial charge in [0.25, 0.3) is 6.43 Å². The van der Waals surface area contributed by atoms with Crippen LogP contribution in [0.25, 0.3) is 11.2 Å². The lowest BCUT2D eigenvalue weighted by molar-refractivity contribution is 0.126. The third-order valence-electron chi connectivity index (χ3n) is 2.82. The second kappa shape index (κ2) is 5.22. The molecule has 0 atom stereocenters. The van der Waals surface area contributed by atoms with Gasteiger partial charge in [-0.1, -0.05) is 0 Å². The zero-order valence-corrected chi connectivity index (χ0v) is 11.1. The molecule has 0 fully saturated rings. The van der Waals surface area contributed by atoms with E-state index in [9.17, 15) is 8.78 Å². The van der Waals surface area contributed by atoms with E-state index >= 15 is 0 Å². The monoisotopic (exact) mass is 276 g/mol. The van der Waals surface area contributed by atoms with Crippen molar-refractivity contribution >= 4 is 22.8 Å². The normalized spacial score (nSPS) is 11.9. The number of fused-ring (bicyclic) bond motifs is 1. The molecule has 0 N–H and O–H groups in total. The first-order valence-electron chi connectivity index (χ1n) is 5.85. The summed E-state index contributed by atoms with van der Waals surface area (Å²) in [5.41, 5.74) is 2.11. The van der Waals surface area contributed by atoms with Crippen LogP contribution in [0.3, 0.4) is 0 Å². The molecule has 0 aliphatic heterocycles. The Bertz CT molecular complexity index is 547. The van der Waals surface area contributed by atoms with Crippen molar-refractivity contribution in [3.63, 3.8) is 0 Å². The zero-order valence-electron chi connectivity index (χ0n) is 10.3. The first-order valence-corrected chi connectivity index (χ1v) is 6.38. The molecule has 0 unspecified atom stereocenters. The van der Waals surface area contributed by atoms with E-state index in [1.54, 1.807) is 4.68 Å². The smallest absolute Gasteiger partial charge is 0.256 e. The maximum atomic E-state index is 12.7. The summed E-state index contributed by atoms with van der Waals surface area (Å²) in [6.45, 7) is 4.01. The molecule has 0 amide bonds. The number of imidazole rings is 1. The van der Waals surface area contributed by atoms with Gasteiger partial charge in [0.15, 0.2) is 5.65 Å². The molecule has 0 saturated heterocycles. The van der Waals surface area contributed by atoms with Gasteiger partial charge >= 0.3 is 0 Å². The van der Waals surface area contributed by atoms with E-state index in [0.717, 1.165) is 5.69 Å². The van der Waals surface area contributed by atoms with E-state index in [4.69, 9.17) is 11.6 Å². The molecule has 18 heavy (non-hydrogen) atoms. The lowest BCUT2D eigenvalue weighted by atomic mass is 10.4. The molecule has 100 valence electrons. The maximum Gasteiger partial charge on any atom is 0.256 e. The van der Waals surface area contributed by atoms with Crippen molar-refractivity contribution < 1.29 is 8.78 Å². The summed E-state index contributed by atoms with van der Waals surface area (Å²) in [4.78, 5) is 4.39. The van der Waals surface area contributed by atoms with Gasteiger partial charge in [0, 0.05) is 18.8 Å². The Hall–Kier alpha value is -1.17. The lowest BCUT2D eigenvalue weighted by Gasteiger charge is -2.08. The van der Waals surface area contributed by atoms with Gasteiger partial charge in [-0.15, -0.1) is 11.6 Å². The summed E-state index contributed by atoms with van der Waals surface area (Å²) in [5.74, 6) is 0.963. The minimum Gasteiger partial charge on any atom is -0.307 e. The van der Waals surface area contributed by atoms with E-state index in [1.807, 2.05) is 13.8 Å². The van der Waals surface area contributed by atoms with Gasteiger partial charge in [0.2, 0.25) is 0 Å². The number of aromatic nitrogens is 4. The number of nitrogens with zero attached hydrogens (tertiary/aromatic N) is 4. The summed E-state index contributed by atoms with van der Waals surface area (Å²) in [5, 5.41) is 4.29. The van der Waals surface area contributed by atoms with Crippen LogP contribution in [-0.2, 0) is 19.5 Å². The third-order valence-corrected chi connectivity index (χ3v) is 3.01. The van der Waals surface area contributed by atoms with Crippen LogP contribution >= 0.6 is 11.6 Å². The molecule has 7 heteroatoms. The molecule has 0 aromatic carbocycles. The largest absolute Gasteiger partial charge is 0.307 e. The summed E-state index contributed by atoms with van der Waals surface area (Å²) < 4.78 is 28.6. The predicted octanol–water partition coefficient (Wildman–Crippen LogP) is 2.61. The molecule has 2 aromatic rings. The van der Waals surface area contributed by atoms with E-state index < -0.39 is 6.43 Å². The Labute approximate surface area is 109 Å². The van der Waals surface area contributed by atoms with Crippen molar-refractivity contribution in [3.8, 4) is 0 Å². The Balaban J connectivity index is 2.62. The van der Waals surface area contributed by atoms with Crippen molar-refractivity contribution in [1.82, 2.24) is 19.3 Å². The van der Waals surface area contributed by atoms with E-state index in [1.165, 1.54) is 4.57 Å². The minimum absolute atomic E-state index is 0.363. The first-order chi connectivity index (χ1) is 8.58. The molecule has 2 heterocycles. The fourth-order valence-electron chi connectivity index (χ4n) is 2.10. The van der Waals surface area contributed by atoms with Crippen molar-refractivity contribution in [2.75, 3.05) is 5.88 Å². The molecule has 0 saturated carbocycles. The van der Waals surface area contributed by atoms with Gasteiger partial charge in [0.1, 0.15) is 11.3 Å². The van der Waals surface area contributed by atoms with E-state index in [0.29, 0.717) is 35.8 Å². The Morgan fingerprint density at radius 2 is 2.11 bits per heavy atom. The highest BCUT2D eigenvalue weighted by Crippen LogP contribution is 2.21. The van der Waals surface area contributed by atoms with Crippen LogP contribution in [0, 0.1) is 6.92 Å². The number of rotatable bonds is 5. The molecule has 0 aliphatic carbocycles. The molecular formula is C11H15ClF2N4. The fraction of sp³-hybridized carbons (Fsp3) is 0.636. The van der Waals surface area contributed by atoms with Crippen LogP contribution < -0.4 is 0 Å². The van der Waals surface area contributed by atoms with Gasteiger partial charge < -0.3 is 4.57 Å². The highest BCUT2D eigenvalue weighted by atomic mass is 35.5. The topological polar surface area (TPSA) is 35.6 Å². The summed E-state index contributed by atoms with van der Waals surface area (Å²) >= 11 is 5.69. The van der Waals surface area contributed by atoms with Crippen molar-refractivity contribution in [2.24, 2.45) is 0 Å². The van der Waals surface area contributed by atoms with Crippen LogP contribution in [0.2, 0.25) is 0 Å². The Morgan fingerprint density at radius 1 is 1.39 bits per heavy atom. The second-order valence-corrected chi connectivity index (χ2v) is 4.42. The SMILES string of the molecule is CCn1nc(C)c2nc(CCCl)n(CC(F)F)c21. The highest BCUT2D eigenvalue weighted by Gasteiger charge is 2.19. The lowest BCUT2D eigenvalue weighted by Crippen LogP contribution is -2.13. The molecule has 4 nitrogen and oxygen atoms in total. The predicted molar refractivity (Wildman–Crippen MR) is 66.4 cm³/mol. The molecule has 2 aromatic heterocycles. The molecule has 0 aliphatic rings. The van der Waals surface area contributed by atoms with Gasteiger partial charge in [0.05, 0.1) is 12.2 Å². The summed E-state index contributed by atoms with van der Waals surface area (Å²) in [7, 11) is 0. The van der Waals surface area contributed by atoms with Crippen LogP contribution in [0.1, 0.15) is 18.4 Å². The van der Waals surface area contributed by atoms with Crippen LogP contribution in [-0.4, -0.2) is 31.6 Å². The van der Waals surface area contributed by atoms with Crippen LogP contribution in [0.5, 0.6) is 0 Å². The Morgan fingerprint density at radius 3 is 2.67 bits per heavy atom. The van der Waals surface area contributed by atoms with Crippen molar-refractivity contribution in [1.29, 1.82) is 0 Å². The van der Waals surface area contributed by atoms with Crippen molar-refractivity contribution in [3.05, 3.63) is 11.5 Å². The third kappa shape index (κ3) is 2.21. The highest BCUT2D eigenvalue weighted by molar-refractivity contribution is 6.17. The van der Waals surface area contributed by atoms with Gasteiger partial charge in [-0.3, -0.25) is 0 Å². The standard InChI is InChI=1S/C11H15ClF2N4/c1-3-18-11-10(7(2)16-18)15-9(4-5-12)17(11)6-8(13)14/h8H,3-6H2,1-2H3. The molecule has 0 spiro atoms. The van der Waals surface area contributed by atoms with Crippen LogP contribution in [0.15, 0.2) is 0 Å². The molecule has 2 rings (SSSR count). The van der Waals surface area contributed by atoms with E-state index in [2.05, 4.69) is 10.1 Å². The fourth-order valence-corrected chi connectivity index (χ4v) is 2.26. The number of hydrogen-bond acceptors (Lipinski definition) is 2. The average Bonchev–Trinajstić information content (AvgIpc) is 2.79. The molecule has 0 radical (unpaired) electrons. The molecule has 0 bridgehead atoms. The molecular weight excluding hydrogens is 262 g/mol. The van der Waals surface area contributed by atoms with Crippen molar-refractivity contribution in [2.45, 2.75) is 39.8 Å². The average molecular weight is 277 g/mol. The maximum absolute atomic E-state index is 12.7. The summed E-state index contributed by atoms with van der Waals surface area (Å²) in [6.07, 6.45) is -1.94. The van der Waals surface area contributed by atoms with Gasteiger partial charge in [-0.2, -0.15) is 5.10 Å². The number of hydrogen-bond donors (Lipinski definition) is 0. The first kappa shape index (κ1) is 13.3. The van der Waals surface area contributed by atoms with Gasteiger partial charge in [-0.05, 0) is 13.8 Å².